The average Bonchev–Trinajstić information content (AvgIpc) is 2.59. The molecule has 0 radical (unpaired) electrons. The zero-order valence-electron chi connectivity index (χ0n) is 14.3. The van der Waals surface area contributed by atoms with Gasteiger partial charge in [0.1, 0.15) is 11.6 Å². The fourth-order valence-electron chi connectivity index (χ4n) is 3.47. The number of nitrogens with zero attached hydrogens (tertiary/aromatic N) is 2. The second-order valence-electron chi connectivity index (χ2n) is 6.67. The predicted octanol–water partition coefficient (Wildman–Crippen LogP) is 2.60. The highest BCUT2D eigenvalue weighted by atomic mass is 19.1. The lowest BCUT2D eigenvalue weighted by atomic mass is 10.1. The summed E-state index contributed by atoms with van der Waals surface area (Å²) >= 11 is 0. The van der Waals surface area contributed by atoms with Gasteiger partial charge in [-0.05, 0) is 41.8 Å². The van der Waals surface area contributed by atoms with Gasteiger partial charge in [0.15, 0.2) is 0 Å². The molecule has 0 spiro atoms. The highest BCUT2D eigenvalue weighted by molar-refractivity contribution is 5.27. The zero-order chi connectivity index (χ0) is 17.6. The largest absolute Gasteiger partial charge is 0.508 e. The van der Waals surface area contributed by atoms with Crippen molar-refractivity contribution >= 4 is 0 Å². The first-order chi connectivity index (χ1) is 12.1. The van der Waals surface area contributed by atoms with Crippen LogP contribution in [0.1, 0.15) is 17.5 Å². The van der Waals surface area contributed by atoms with Gasteiger partial charge in [0.25, 0.3) is 0 Å². The molecule has 0 aromatic heterocycles. The number of aromatic hydroxyl groups is 1. The van der Waals surface area contributed by atoms with Crippen molar-refractivity contribution < 1.29 is 14.6 Å². The molecule has 5 heteroatoms. The lowest BCUT2D eigenvalue weighted by molar-refractivity contribution is 0.0499. The SMILES string of the molecule is OCCC1CN(Cc2cccc(O)c2)CCN1Cc1ccc(F)cc1. The molecule has 4 nitrogen and oxygen atoms in total. The van der Waals surface area contributed by atoms with Crippen LogP contribution in [0, 0.1) is 5.82 Å². The molecule has 1 saturated heterocycles. The van der Waals surface area contributed by atoms with E-state index < -0.39 is 0 Å². The van der Waals surface area contributed by atoms with Crippen LogP contribution in [0.2, 0.25) is 0 Å². The van der Waals surface area contributed by atoms with Gasteiger partial charge in [-0.3, -0.25) is 9.80 Å². The summed E-state index contributed by atoms with van der Waals surface area (Å²) in [5.41, 5.74) is 2.18. The van der Waals surface area contributed by atoms with Crippen LogP contribution in [-0.4, -0.2) is 52.3 Å². The molecule has 1 aliphatic heterocycles. The van der Waals surface area contributed by atoms with E-state index in [2.05, 4.69) is 9.80 Å². The van der Waals surface area contributed by atoms with Crippen LogP contribution in [-0.2, 0) is 13.1 Å². The summed E-state index contributed by atoms with van der Waals surface area (Å²) in [4.78, 5) is 4.72. The van der Waals surface area contributed by atoms with Gasteiger partial charge in [-0.15, -0.1) is 0 Å². The Hall–Kier alpha value is -1.95. The fourth-order valence-corrected chi connectivity index (χ4v) is 3.47. The first kappa shape index (κ1) is 17.9. The van der Waals surface area contributed by atoms with Crippen LogP contribution >= 0.6 is 0 Å². The van der Waals surface area contributed by atoms with E-state index in [4.69, 9.17) is 0 Å². The Labute approximate surface area is 148 Å². The van der Waals surface area contributed by atoms with E-state index in [-0.39, 0.29) is 18.5 Å². The van der Waals surface area contributed by atoms with Crippen molar-refractivity contribution in [2.45, 2.75) is 25.6 Å². The monoisotopic (exact) mass is 344 g/mol. The summed E-state index contributed by atoms with van der Waals surface area (Å²) in [7, 11) is 0. The van der Waals surface area contributed by atoms with Crippen molar-refractivity contribution in [1.82, 2.24) is 9.80 Å². The van der Waals surface area contributed by atoms with E-state index in [0.717, 1.165) is 50.3 Å². The quantitative estimate of drug-likeness (QED) is 0.846. The molecule has 0 saturated carbocycles. The van der Waals surface area contributed by atoms with Crippen molar-refractivity contribution in [1.29, 1.82) is 0 Å². The van der Waals surface area contributed by atoms with E-state index in [9.17, 15) is 14.6 Å². The summed E-state index contributed by atoms with van der Waals surface area (Å²) in [5.74, 6) is 0.0749. The molecule has 1 aliphatic rings. The van der Waals surface area contributed by atoms with Gasteiger partial charge in [-0.2, -0.15) is 0 Å². The number of aliphatic hydroxyl groups is 1. The molecular weight excluding hydrogens is 319 g/mol. The highest BCUT2D eigenvalue weighted by Gasteiger charge is 2.26. The fraction of sp³-hybridized carbons (Fsp3) is 0.400. The van der Waals surface area contributed by atoms with E-state index in [1.54, 1.807) is 12.1 Å². The topological polar surface area (TPSA) is 46.9 Å². The van der Waals surface area contributed by atoms with Crippen molar-refractivity contribution in [3.63, 3.8) is 0 Å². The van der Waals surface area contributed by atoms with Crippen molar-refractivity contribution in [2.75, 3.05) is 26.2 Å². The summed E-state index contributed by atoms with van der Waals surface area (Å²) in [5, 5.41) is 19.0. The number of phenols is 1. The van der Waals surface area contributed by atoms with Crippen LogP contribution in [0.15, 0.2) is 48.5 Å². The minimum atomic E-state index is -0.216. The average molecular weight is 344 g/mol. The number of benzene rings is 2. The Balaban J connectivity index is 1.62. The summed E-state index contributed by atoms with van der Waals surface area (Å²) in [6.45, 7) is 4.42. The van der Waals surface area contributed by atoms with Gasteiger partial charge < -0.3 is 10.2 Å². The molecule has 2 N–H and O–H groups in total. The maximum absolute atomic E-state index is 13.1. The second-order valence-corrected chi connectivity index (χ2v) is 6.67. The normalized spacial score (nSPS) is 19.2. The third-order valence-corrected chi connectivity index (χ3v) is 4.77. The number of hydrogen-bond donors (Lipinski definition) is 2. The molecule has 0 bridgehead atoms. The van der Waals surface area contributed by atoms with Gasteiger partial charge >= 0.3 is 0 Å². The third kappa shape index (κ3) is 5.01. The van der Waals surface area contributed by atoms with Crippen LogP contribution in [0.25, 0.3) is 0 Å². The molecule has 0 aliphatic carbocycles. The molecule has 1 unspecified atom stereocenters. The van der Waals surface area contributed by atoms with Crippen molar-refractivity contribution in [3.05, 3.63) is 65.5 Å². The van der Waals surface area contributed by atoms with Crippen LogP contribution in [0.3, 0.4) is 0 Å². The smallest absolute Gasteiger partial charge is 0.123 e. The van der Waals surface area contributed by atoms with E-state index in [1.807, 2.05) is 24.3 Å². The molecule has 1 heterocycles. The first-order valence-corrected chi connectivity index (χ1v) is 8.73. The molecule has 1 fully saturated rings. The molecule has 1 atom stereocenters. The Morgan fingerprint density at radius 2 is 1.80 bits per heavy atom. The van der Waals surface area contributed by atoms with E-state index in [0.29, 0.717) is 5.75 Å². The van der Waals surface area contributed by atoms with Crippen LogP contribution < -0.4 is 0 Å². The summed E-state index contributed by atoms with van der Waals surface area (Å²) in [6, 6.07) is 14.3. The number of aliphatic hydroxyl groups excluding tert-OH is 1. The Morgan fingerprint density at radius 3 is 2.52 bits per heavy atom. The van der Waals surface area contributed by atoms with Gasteiger partial charge in [-0.1, -0.05) is 24.3 Å². The van der Waals surface area contributed by atoms with Crippen molar-refractivity contribution in [2.24, 2.45) is 0 Å². The minimum absolute atomic E-state index is 0.157. The highest BCUT2D eigenvalue weighted by Crippen LogP contribution is 2.20. The predicted molar refractivity (Wildman–Crippen MR) is 95.7 cm³/mol. The summed E-state index contributed by atoms with van der Waals surface area (Å²) < 4.78 is 13.1. The Kier molecular flexibility index (Phi) is 6.02. The number of hydrogen-bond acceptors (Lipinski definition) is 4. The molecule has 0 amide bonds. The molecule has 3 rings (SSSR count). The maximum atomic E-state index is 13.1. The van der Waals surface area contributed by atoms with E-state index in [1.165, 1.54) is 12.1 Å². The van der Waals surface area contributed by atoms with Crippen LogP contribution in [0.5, 0.6) is 5.75 Å². The second kappa shape index (κ2) is 8.43. The molecule has 25 heavy (non-hydrogen) atoms. The van der Waals surface area contributed by atoms with Gasteiger partial charge in [0.2, 0.25) is 0 Å². The molecule has 134 valence electrons. The maximum Gasteiger partial charge on any atom is 0.123 e. The van der Waals surface area contributed by atoms with Gasteiger partial charge in [-0.25, -0.2) is 4.39 Å². The van der Waals surface area contributed by atoms with Gasteiger partial charge in [0.05, 0.1) is 0 Å². The lowest BCUT2D eigenvalue weighted by Crippen LogP contribution is -2.52. The molecule has 2 aromatic rings. The molecule has 2 aromatic carbocycles. The zero-order valence-corrected chi connectivity index (χ0v) is 14.3. The number of phenolic OH excluding ortho intramolecular Hbond substituents is 1. The summed E-state index contributed by atoms with van der Waals surface area (Å²) in [6.07, 6.45) is 0.720. The Bertz CT molecular complexity index is 678. The minimum Gasteiger partial charge on any atom is -0.508 e. The van der Waals surface area contributed by atoms with E-state index >= 15 is 0 Å². The molecular formula is C20H25FN2O2. The van der Waals surface area contributed by atoms with Gasteiger partial charge in [0, 0.05) is 45.4 Å². The Morgan fingerprint density at radius 1 is 1.00 bits per heavy atom. The lowest BCUT2D eigenvalue weighted by Gasteiger charge is -2.41. The number of halogens is 1. The number of piperazine rings is 1. The third-order valence-electron chi connectivity index (χ3n) is 4.77. The van der Waals surface area contributed by atoms with Crippen LogP contribution in [0.4, 0.5) is 4.39 Å². The van der Waals surface area contributed by atoms with Crippen molar-refractivity contribution in [3.8, 4) is 5.75 Å². The standard InChI is InChI=1S/C20H25FN2O2/c21-18-6-4-16(5-7-18)14-23-10-9-22(15-19(23)8-11-24)13-17-2-1-3-20(25)12-17/h1-7,12,19,24-25H,8-11,13-15H2. The number of rotatable bonds is 6. The first-order valence-electron chi connectivity index (χ1n) is 8.73.